The maximum atomic E-state index is 2.42. The van der Waals surface area contributed by atoms with Crippen LogP contribution < -0.4 is 0 Å². The lowest BCUT2D eigenvalue weighted by Crippen LogP contribution is -2.19. The van der Waals surface area contributed by atoms with Crippen molar-refractivity contribution in [3.63, 3.8) is 0 Å². The fourth-order valence-electron chi connectivity index (χ4n) is 3.19. The summed E-state index contributed by atoms with van der Waals surface area (Å²) in [5.41, 5.74) is 0. The van der Waals surface area contributed by atoms with Gasteiger partial charge in [-0.3, -0.25) is 0 Å². The number of hydrogen-bond donors (Lipinski definition) is 0. The van der Waals surface area contributed by atoms with Crippen molar-refractivity contribution < 1.29 is 0 Å². The van der Waals surface area contributed by atoms with Gasteiger partial charge < -0.3 is 0 Å². The molecule has 0 nitrogen and oxygen atoms in total. The molecule has 1 fully saturated rings. The van der Waals surface area contributed by atoms with Gasteiger partial charge in [0.05, 0.1) is 0 Å². The summed E-state index contributed by atoms with van der Waals surface area (Å²) < 4.78 is 0. The fourth-order valence-corrected chi connectivity index (χ4v) is 3.19. The molecule has 0 saturated heterocycles. The molecule has 0 N–H and O–H groups in total. The van der Waals surface area contributed by atoms with Crippen LogP contribution in [0.15, 0.2) is 0 Å². The second-order valence-corrected chi connectivity index (χ2v) is 5.45. The molecule has 0 amide bonds. The van der Waals surface area contributed by atoms with Crippen LogP contribution in [-0.4, -0.2) is 0 Å². The Kier molecular flexibility index (Phi) is 5.59. The first-order valence-corrected chi connectivity index (χ1v) is 6.75. The summed E-state index contributed by atoms with van der Waals surface area (Å²) >= 11 is 0. The lowest BCUT2D eigenvalue weighted by Gasteiger charge is -2.29. The van der Waals surface area contributed by atoms with Crippen LogP contribution in [0.25, 0.3) is 0 Å². The molecule has 0 aromatic heterocycles. The van der Waals surface area contributed by atoms with Gasteiger partial charge >= 0.3 is 0 Å². The van der Waals surface area contributed by atoms with E-state index in [4.69, 9.17) is 0 Å². The molecule has 0 radical (unpaired) electrons. The second-order valence-electron chi connectivity index (χ2n) is 5.45. The van der Waals surface area contributed by atoms with Crippen LogP contribution >= 0.6 is 0 Å². The molecular formula is C14H28. The quantitative estimate of drug-likeness (QED) is 0.553. The Morgan fingerprint density at radius 3 is 2.00 bits per heavy atom. The highest BCUT2D eigenvalue weighted by Gasteiger charge is 2.24. The third kappa shape index (κ3) is 3.63. The lowest BCUT2D eigenvalue weighted by atomic mass is 9.77. The van der Waals surface area contributed by atoms with Crippen LogP contribution in [0.2, 0.25) is 0 Å². The van der Waals surface area contributed by atoms with Crippen molar-refractivity contribution in [2.75, 3.05) is 0 Å². The van der Waals surface area contributed by atoms with Crippen LogP contribution in [0.5, 0.6) is 0 Å². The summed E-state index contributed by atoms with van der Waals surface area (Å²) in [5, 5.41) is 0. The van der Waals surface area contributed by atoms with Gasteiger partial charge in [-0.2, -0.15) is 0 Å². The maximum Gasteiger partial charge on any atom is -0.0363 e. The number of hydrogen-bond acceptors (Lipinski definition) is 0. The normalized spacial score (nSPS) is 22.3. The highest BCUT2D eigenvalue weighted by atomic mass is 14.3. The summed E-state index contributed by atoms with van der Waals surface area (Å²) in [4.78, 5) is 0. The Balaban J connectivity index is 2.46. The van der Waals surface area contributed by atoms with Crippen LogP contribution in [0.3, 0.4) is 0 Å². The Labute approximate surface area is 90.5 Å². The molecule has 0 heteroatoms. The molecule has 0 bridgehead atoms. The van der Waals surface area contributed by atoms with Crippen molar-refractivity contribution in [1.82, 2.24) is 0 Å². The molecule has 0 spiro atoms. The van der Waals surface area contributed by atoms with Gasteiger partial charge in [-0.1, -0.05) is 72.1 Å². The van der Waals surface area contributed by atoms with E-state index in [2.05, 4.69) is 20.8 Å². The zero-order valence-corrected chi connectivity index (χ0v) is 10.4. The van der Waals surface area contributed by atoms with E-state index in [9.17, 15) is 0 Å². The topological polar surface area (TPSA) is 0 Å². The van der Waals surface area contributed by atoms with Gasteiger partial charge in [0.1, 0.15) is 0 Å². The van der Waals surface area contributed by atoms with Gasteiger partial charge in [-0.05, 0) is 17.8 Å². The smallest absolute Gasteiger partial charge is 0.0363 e. The van der Waals surface area contributed by atoms with Crippen LogP contribution in [0.1, 0.15) is 72.1 Å². The predicted octanol–water partition coefficient (Wildman–Crippen LogP) is 5.03. The van der Waals surface area contributed by atoms with Crippen LogP contribution in [0, 0.1) is 17.8 Å². The minimum Gasteiger partial charge on any atom is -0.0654 e. The van der Waals surface area contributed by atoms with Gasteiger partial charge in [-0.15, -0.1) is 0 Å². The molecule has 1 rings (SSSR count). The van der Waals surface area contributed by atoms with Gasteiger partial charge in [0.15, 0.2) is 0 Å². The van der Waals surface area contributed by atoms with Crippen molar-refractivity contribution in [1.29, 1.82) is 0 Å². The SMILES string of the molecule is CCCC(C(C)C)C1CCCCCC1. The number of rotatable bonds is 4. The molecule has 0 aromatic carbocycles. The van der Waals surface area contributed by atoms with E-state index in [0.29, 0.717) is 0 Å². The average molecular weight is 196 g/mol. The largest absolute Gasteiger partial charge is 0.0654 e. The third-order valence-corrected chi connectivity index (χ3v) is 3.98. The van der Waals surface area contributed by atoms with E-state index >= 15 is 0 Å². The molecule has 1 aliphatic carbocycles. The van der Waals surface area contributed by atoms with Crippen molar-refractivity contribution in [2.45, 2.75) is 72.1 Å². The molecule has 1 aliphatic rings. The molecule has 0 aliphatic heterocycles. The predicted molar refractivity (Wildman–Crippen MR) is 64.4 cm³/mol. The maximum absolute atomic E-state index is 2.42. The first-order valence-electron chi connectivity index (χ1n) is 6.75. The summed E-state index contributed by atoms with van der Waals surface area (Å²) in [5.74, 6) is 2.97. The Hall–Kier alpha value is 0. The Bertz CT molecular complexity index is 129. The molecular weight excluding hydrogens is 168 g/mol. The molecule has 1 unspecified atom stereocenters. The van der Waals surface area contributed by atoms with Gasteiger partial charge in [0, 0.05) is 0 Å². The monoisotopic (exact) mass is 196 g/mol. The molecule has 0 aromatic rings. The van der Waals surface area contributed by atoms with E-state index in [0.717, 1.165) is 17.8 Å². The van der Waals surface area contributed by atoms with Gasteiger partial charge in [0.2, 0.25) is 0 Å². The molecule has 84 valence electrons. The molecule has 14 heavy (non-hydrogen) atoms. The minimum atomic E-state index is 0.901. The van der Waals surface area contributed by atoms with Gasteiger partial charge in [0.25, 0.3) is 0 Å². The second kappa shape index (κ2) is 6.48. The Morgan fingerprint density at radius 1 is 1.00 bits per heavy atom. The molecule has 0 heterocycles. The van der Waals surface area contributed by atoms with Crippen molar-refractivity contribution in [2.24, 2.45) is 17.8 Å². The van der Waals surface area contributed by atoms with E-state index in [1.54, 1.807) is 0 Å². The molecule has 1 saturated carbocycles. The van der Waals surface area contributed by atoms with E-state index in [-0.39, 0.29) is 0 Å². The van der Waals surface area contributed by atoms with Gasteiger partial charge in [-0.25, -0.2) is 0 Å². The van der Waals surface area contributed by atoms with E-state index in [1.165, 1.54) is 51.4 Å². The van der Waals surface area contributed by atoms with Crippen molar-refractivity contribution in [3.8, 4) is 0 Å². The summed E-state index contributed by atoms with van der Waals surface area (Å²) in [7, 11) is 0. The fraction of sp³-hybridized carbons (Fsp3) is 1.00. The first-order chi connectivity index (χ1) is 6.75. The minimum absolute atomic E-state index is 0.901. The molecule has 1 atom stereocenters. The lowest BCUT2D eigenvalue weighted by molar-refractivity contribution is 0.214. The van der Waals surface area contributed by atoms with Crippen molar-refractivity contribution in [3.05, 3.63) is 0 Å². The van der Waals surface area contributed by atoms with E-state index < -0.39 is 0 Å². The highest BCUT2D eigenvalue weighted by Crippen LogP contribution is 2.35. The summed E-state index contributed by atoms with van der Waals surface area (Å²) in [6.45, 7) is 7.18. The highest BCUT2D eigenvalue weighted by molar-refractivity contribution is 4.75. The van der Waals surface area contributed by atoms with Crippen LogP contribution in [-0.2, 0) is 0 Å². The zero-order valence-electron chi connectivity index (χ0n) is 10.4. The average Bonchev–Trinajstić information content (AvgIpc) is 2.41. The van der Waals surface area contributed by atoms with Crippen LogP contribution in [0.4, 0.5) is 0 Å². The Morgan fingerprint density at radius 2 is 1.57 bits per heavy atom. The summed E-state index contributed by atoms with van der Waals surface area (Å²) in [6, 6.07) is 0. The zero-order chi connectivity index (χ0) is 10.4. The third-order valence-electron chi connectivity index (χ3n) is 3.98. The van der Waals surface area contributed by atoms with Crippen molar-refractivity contribution >= 4 is 0 Å². The first kappa shape index (κ1) is 12.1. The van der Waals surface area contributed by atoms with E-state index in [1.807, 2.05) is 0 Å². The summed E-state index contributed by atoms with van der Waals surface area (Å²) in [6.07, 6.45) is 11.9. The standard InChI is InChI=1S/C14H28/c1-4-9-14(12(2)3)13-10-7-5-6-8-11-13/h12-14H,4-11H2,1-3H3.